The van der Waals surface area contributed by atoms with E-state index in [2.05, 4.69) is 45.1 Å². The van der Waals surface area contributed by atoms with Crippen LogP contribution in [0.4, 0.5) is 5.95 Å². The lowest BCUT2D eigenvalue weighted by molar-refractivity contribution is 0.211. The maximum absolute atomic E-state index is 10.5. The van der Waals surface area contributed by atoms with Gasteiger partial charge in [0.1, 0.15) is 5.75 Å². The third-order valence-corrected chi connectivity index (χ3v) is 6.73. The number of imidazole rings is 1. The molecule has 1 saturated heterocycles. The Labute approximate surface area is 200 Å². The Morgan fingerprint density at radius 2 is 1.74 bits per heavy atom. The van der Waals surface area contributed by atoms with Crippen molar-refractivity contribution in [3.05, 3.63) is 89.0 Å². The lowest BCUT2D eigenvalue weighted by atomic mass is 10.0. The maximum Gasteiger partial charge on any atom is 0.204 e. The number of aliphatic hydroxyl groups excluding tert-OH is 1. The van der Waals surface area contributed by atoms with E-state index in [4.69, 9.17) is 4.98 Å². The van der Waals surface area contributed by atoms with Crippen molar-refractivity contribution in [1.82, 2.24) is 14.5 Å². The Morgan fingerprint density at radius 3 is 2.50 bits per heavy atom. The number of anilines is 1. The highest BCUT2D eigenvalue weighted by Crippen LogP contribution is 2.28. The summed E-state index contributed by atoms with van der Waals surface area (Å²) in [5, 5.41) is 23.8. The van der Waals surface area contributed by atoms with E-state index in [9.17, 15) is 10.2 Å². The standard InChI is InChI=1S/C28H32N4O2/c1-20-7-10-27(34)23(15-20)18-32-26-16-22(19-33)8-9-25(26)30-28(32)29-24-11-13-31(14-12-24)17-21-5-3-2-4-6-21/h2-10,15-16,24,33-34H,11-14,17-19H2,1H3,(H,29,30). The predicted molar refractivity (Wildman–Crippen MR) is 136 cm³/mol. The number of aromatic hydroxyl groups is 1. The first-order valence-electron chi connectivity index (χ1n) is 12.0. The largest absolute Gasteiger partial charge is 0.508 e. The van der Waals surface area contributed by atoms with Crippen molar-refractivity contribution in [1.29, 1.82) is 0 Å². The Bertz CT molecular complexity index is 1260. The van der Waals surface area contributed by atoms with Gasteiger partial charge in [0.15, 0.2) is 0 Å². The van der Waals surface area contributed by atoms with Gasteiger partial charge in [0, 0.05) is 31.2 Å². The van der Waals surface area contributed by atoms with Gasteiger partial charge >= 0.3 is 0 Å². The number of benzene rings is 3. The summed E-state index contributed by atoms with van der Waals surface area (Å²) in [7, 11) is 0. The fourth-order valence-corrected chi connectivity index (χ4v) is 4.81. The quantitative estimate of drug-likeness (QED) is 0.377. The van der Waals surface area contributed by atoms with Crippen LogP contribution >= 0.6 is 0 Å². The smallest absolute Gasteiger partial charge is 0.204 e. The predicted octanol–water partition coefficient (Wildman–Crippen LogP) is 4.67. The molecule has 2 heterocycles. The van der Waals surface area contributed by atoms with E-state index < -0.39 is 0 Å². The lowest BCUT2D eigenvalue weighted by Gasteiger charge is -2.32. The SMILES string of the molecule is Cc1ccc(O)c(Cn2c(NC3CCN(Cc4ccccc4)CC3)nc3ccc(CO)cc32)c1. The van der Waals surface area contributed by atoms with Crippen LogP contribution in [-0.4, -0.2) is 43.8 Å². The molecule has 0 aliphatic carbocycles. The van der Waals surface area contributed by atoms with E-state index in [0.717, 1.165) is 66.1 Å². The fraction of sp³-hybridized carbons (Fsp3) is 0.321. The molecule has 3 aromatic carbocycles. The fourth-order valence-electron chi connectivity index (χ4n) is 4.81. The first-order valence-corrected chi connectivity index (χ1v) is 12.0. The van der Waals surface area contributed by atoms with Gasteiger partial charge in [0.2, 0.25) is 5.95 Å². The molecular weight excluding hydrogens is 424 g/mol. The molecule has 0 radical (unpaired) electrons. The van der Waals surface area contributed by atoms with Crippen LogP contribution in [0.5, 0.6) is 5.75 Å². The molecule has 1 aliphatic heterocycles. The van der Waals surface area contributed by atoms with Gasteiger partial charge in [-0.2, -0.15) is 0 Å². The summed E-state index contributed by atoms with van der Waals surface area (Å²) < 4.78 is 2.12. The third-order valence-electron chi connectivity index (χ3n) is 6.73. The van der Waals surface area contributed by atoms with Crippen LogP contribution in [0.2, 0.25) is 0 Å². The number of nitrogens with one attached hydrogen (secondary N) is 1. The Hall–Kier alpha value is -3.35. The number of aliphatic hydroxyl groups is 1. The molecule has 1 fully saturated rings. The molecule has 176 valence electrons. The molecule has 0 spiro atoms. The van der Waals surface area contributed by atoms with E-state index in [0.29, 0.717) is 12.6 Å². The van der Waals surface area contributed by atoms with Crippen molar-refractivity contribution < 1.29 is 10.2 Å². The molecule has 0 bridgehead atoms. The number of rotatable bonds is 7. The van der Waals surface area contributed by atoms with Crippen LogP contribution in [0, 0.1) is 6.92 Å². The highest BCUT2D eigenvalue weighted by atomic mass is 16.3. The Balaban J connectivity index is 1.36. The van der Waals surface area contributed by atoms with Gasteiger partial charge in [0.25, 0.3) is 0 Å². The van der Waals surface area contributed by atoms with Gasteiger partial charge in [0.05, 0.1) is 24.2 Å². The van der Waals surface area contributed by atoms with Crippen molar-refractivity contribution in [2.75, 3.05) is 18.4 Å². The van der Waals surface area contributed by atoms with Gasteiger partial charge in [-0.25, -0.2) is 4.98 Å². The third kappa shape index (κ3) is 4.93. The molecule has 6 nitrogen and oxygen atoms in total. The van der Waals surface area contributed by atoms with Gasteiger partial charge < -0.3 is 20.1 Å². The second-order valence-corrected chi connectivity index (χ2v) is 9.32. The molecule has 0 atom stereocenters. The first-order chi connectivity index (χ1) is 16.6. The van der Waals surface area contributed by atoms with Crippen LogP contribution < -0.4 is 5.32 Å². The second kappa shape index (κ2) is 9.87. The van der Waals surface area contributed by atoms with E-state index in [1.165, 1.54) is 5.56 Å². The number of hydrogen-bond donors (Lipinski definition) is 3. The zero-order valence-corrected chi connectivity index (χ0v) is 19.6. The second-order valence-electron chi connectivity index (χ2n) is 9.32. The zero-order chi connectivity index (χ0) is 23.5. The van der Waals surface area contributed by atoms with E-state index >= 15 is 0 Å². The van der Waals surface area contributed by atoms with Crippen LogP contribution in [0.1, 0.15) is 35.1 Å². The van der Waals surface area contributed by atoms with Crippen LogP contribution in [0.3, 0.4) is 0 Å². The van der Waals surface area contributed by atoms with Crippen molar-refractivity contribution >= 4 is 17.0 Å². The van der Waals surface area contributed by atoms with E-state index in [1.807, 2.05) is 37.3 Å². The molecule has 6 heteroatoms. The molecule has 3 N–H and O–H groups in total. The van der Waals surface area contributed by atoms with Gasteiger partial charge in [-0.3, -0.25) is 4.90 Å². The molecule has 0 amide bonds. The van der Waals surface area contributed by atoms with E-state index in [1.54, 1.807) is 6.07 Å². The number of hydrogen-bond acceptors (Lipinski definition) is 5. The number of likely N-dealkylation sites (tertiary alicyclic amines) is 1. The van der Waals surface area contributed by atoms with Gasteiger partial charge in [-0.1, -0.05) is 54.1 Å². The van der Waals surface area contributed by atoms with Crippen molar-refractivity contribution in [3.8, 4) is 5.75 Å². The molecule has 1 aromatic heterocycles. The topological polar surface area (TPSA) is 73.5 Å². The van der Waals surface area contributed by atoms with Crippen LogP contribution in [-0.2, 0) is 19.7 Å². The van der Waals surface area contributed by atoms with Crippen LogP contribution in [0.25, 0.3) is 11.0 Å². The summed E-state index contributed by atoms with van der Waals surface area (Å²) in [6.07, 6.45) is 2.10. The molecular formula is C28H32N4O2. The average molecular weight is 457 g/mol. The summed E-state index contributed by atoms with van der Waals surface area (Å²) >= 11 is 0. The maximum atomic E-state index is 10.5. The highest BCUT2D eigenvalue weighted by molar-refractivity contribution is 5.79. The zero-order valence-electron chi connectivity index (χ0n) is 19.6. The number of phenols is 1. The molecule has 5 rings (SSSR count). The number of piperidine rings is 1. The first kappa shape index (κ1) is 22.4. The lowest BCUT2D eigenvalue weighted by Crippen LogP contribution is -2.39. The summed E-state index contributed by atoms with van der Waals surface area (Å²) in [5.74, 6) is 1.10. The minimum Gasteiger partial charge on any atom is -0.508 e. The minimum atomic E-state index is -0.0144. The van der Waals surface area contributed by atoms with Gasteiger partial charge in [-0.05, 0) is 49.1 Å². The minimum absolute atomic E-state index is 0.0144. The number of aromatic nitrogens is 2. The summed E-state index contributed by atoms with van der Waals surface area (Å²) in [5.41, 5.74) is 6.00. The molecule has 1 aliphatic rings. The summed E-state index contributed by atoms with van der Waals surface area (Å²) in [4.78, 5) is 7.40. The Kier molecular flexibility index (Phi) is 6.52. The molecule has 0 unspecified atom stereocenters. The monoisotopic (exact) mass is 456 g/mol. The van der Waals surface area contributed by atoms with E-state index in [-0.39, 0.29) is 12.4 Å². The molecule has 0 saturated carbocycles. The molecule has 4 aromatic rings. The number of aryl methyl sites for hydroxylation is 1. The normalized spacial score (nSPS) is 15.1. The van der Waals surface area contributed by atoms with Crippen molar-refractivity contribution in [2.24, 2.45) is 0 Å². The van der Waals surface area contributed by atoms with Gasteiger partial charge in [-0.15, -0.1) is 0 Å². The summed E-state index contributed by atoms with van der Waals surface area (Å²) in [6.45, 7) is 5.59. The Morgan fingerprint density at radius 1 is 0.941 bits per heavy atom. The molecule has 34 heavy (non-hydrogen) atoms. The van der Waals surface area contributed by atoms with Crippen LogP contribution in [0.15, 0.2) is 66.7 Å². The van der Waals surface area contributed by atoms with Crippen molar-refractivity contribution in [2.45, 2.75) is 45.5 Å². The number of nitrogens with zero attached hydrogens (tertiary/aromatic N) is 3. The number of fused-ring (bicyclic) bond motifs is 1. The average Bonchev–Trinajstić information content (AvgIpc) is 3.19. The summed E-state index contributed by atoms with van der Waals surface area (Å²) in [6, 6.07) is 22.5. The highest BCUT2D eigenvalue weighted by Gasteiger charge is 2.22. The van der Waals surface area contributed by atoms with Crippen molar-refractivity contribution in [3.63, 3.8) is 0 Å². The number of phenolic OH excluding ortho intramolecular Hbond substituents is 1.